The van der Waals surface area contributed by atoms with Gasteiger partial charge in [0.1, 0.15) is 0 Å². The van der Waals surface area contributed by atoms with Gasteiger partial charge in [-0.25, -0.2) is 13.4 Å². The first-order valence-corrected chi connectivity index (χ1v) is 10.6. The normalized spacial score (nSPS) is 11.9. The van der Waals surface area contributed by atoms with E-state index >= 15 is 0 Å². The molecule has 0 fully saturated rings. The summed E-state index contributed by atoms with van der Waals surface area (Å²) >= 11 is 7.46. The Morgan fingerprint density at radius 3 is 2.42 bits per heavy atom. The lowest BCUT2D eigenvalue weighted by atomic mass is 10.2. The fourth-order valence-electron chi connectivity index (χ4n) is 2.39. The van der Waals surface area contributed by atoms with Gasteiger partial charge in [-0.2, -0.15) is 0 Å². The van der Waals surface area contributed by atoms with Crippen molar-refractivity contribution in [1.82, 2.24) is 4.98 Å². The molecule has 1 amide bonds. The van der Waals surface area contributed by atoms with Crippen molar-refractivity contribution in [2.45, 2.75) is 30.9 Å². The maximum atomic E-state index is 12.4. The van der Waals surface area contributed by atoms with E-state index < -0.39 is 15.1 Å². The van der Waals surface area contributed by atoms with Crippen LogP contribution in [0.4, 0.5) is 5.13 Å². The van der Waals surface area contributed by atoms with Crippen molar-refractivity contribution in [3.05, 3.63) is 52.5 Å². The molecule has 0 radical (unpaired) electrons. The Hall–Kier alpha value is -1.96. The van der Waals surface area contributed by atoms with Gasteiger partial charge in [-0.1, -0.05) is 22.9 Å². The molecule has 0 spiro atoms. The number of aromatic nitrogens is 1. The summed E-state index contributed by atoms with van der Waals surface area (Å²) in [5.74, 6) is -0.346. The van der Waals surface area contributed by atoms with Gasteiger partial charge >= 0.3 is 0 Å². The van der Waals surface area contributed by atoms with Crippen molar-refractivity contribution in [1.29, 1.82) is 0 Å². The molecular weight excluding hydrogens is 392 g/mol. The third-order valence-corrected chi connectivity index (χ3v) is 7.55. The van der Waals surface area contributed by atoms with E-state index in [4.69, 9.17) is 11.6 Å². The third kappa shape index (κ3) is 3.47. The van der Waals surface area contributed by atoms with Gasteiger partial charge in [-0.15, -0.1) is 0 Å². The number of rotatable bonds is 4. The molecule has 3 aromatic rings. The molecule has 26 heavy (non-hydrogen) atoms. The Bertz CT molecular complexity index is 1090. The number of hydrogen-bond acceptors (Lipinski definition) is 5. The van der Waals surface area contributed by atoms with Gasteiger partial charge in [-0.05, 0) is 62.7 Å². The van der Waals surface area contributed by atoms with Crippen LogP contribution in [0.2, 0.25) is 5.02 Å². The van der Waals surface area contributed by atoms with Crippen molar-refractivity contribution < 1.29 is 13.2 Å². The molecular formula is C18H17ClN2O3S2. The van der Waals surface area contributed by atoms with E-state index in [9.17, 15) is 13.2 Å². The van der Waals surface area contributed by atoms with Gasteiger partial charge in [0.2, 0.25) is 0 Å². The topological polar surface area (TPSA) is 76.1 Å². The quantitative estimate of drug-likeness (QED) is 0.679. The molecule has 0 unspecified atom stereocenters. The summed E-state index contributed by atoms with van der Waals surface area (Å²) in [6, 6.07) is 9.57. The Morgan fingerprint density at radius 1 is 1.15 bits per heavy atom. The maximum Gasteiger partial charge on any atom is 0.257 e. The van der Waals surface area contributed by atoms with E-state index in [-0.39, 0.29) is 10.8 Å². The zero-order chi connectivity index (χ0) is 19.1. The number of halogens is 1. The SMILES string of the molecule is Cc1c(Cl)ccc2sc(NC(=O)c3ccc(S(=O)(=O)C(C)C)cc3)nc12. The van der Waals surface area contributed by atoms with Gasteiger partial charge in [0.25, 0.3) is 5.91 Å². The summed E-state index contributed by atoms with van der Waals surface area (Å²) < 4.78 is 25.2. The molecule has 0 aliphatic carbocycles. The standard InChI is InChI=1S/C18H17ClN2O3S2/c1-10(2)26(23,24)13-6-4-12(5-7-13)17(22)21-18-20-16-11(3)14(19)8-9-15(16)25-18/h4-10H,1-3H3,(H,20,21,22). The molecule has 136 valence electrons. The van der Waals surface area contributed by atoms with E-state index in [1.165, 1.54) is 35.6 Å². The third-order valence-electron chi connectivity index (χ3n) is 4.03. The number of thiazole rings is 1. The second-order valence-corrected chi connectivity index (χ2v) is 10.1. The number of anilines is 1. The first-order valence-electron chi connectivity index (χ1n) is 7.91. The molecule has 3 rings (SSSR count). The van der Waals surface area contributed by atoms with Gasteiger partial charge in [0, 0.05) is 10.6 Å². The lowest BCUT2D eigenvalue weighted by Gasteiger charge is -2.08. The number of benzene rings is 2. The van der Waals surface area contributed by atoms with Crippen molar-refractivity contribution in [2.75, 3.05) is 5.32 Å². The maximum absolute atomic E-state index is 12.4. The van der Waals surface area contributed by atoms with Crippen LogP contribution in [0.3, 0.4) is 0 Å². The lowest BCUT2D eigenvalue weighted by Crippen LogP contribution is -2.15. The molecule has 0 bridgehead atoms. The molecule has 0 aliphatic heterocycles. The molecule has 0 saturated heterocycles. The second kappa shape index (κ2) is 6.98. The van der Waals surface area contributed by atoms with E-state index in [0.29, 0.717) is 15.7 Å². The number of amides is 1. The fourth-order valence-corrected chi connectivity index (χ4v) is 4.52. The molecule has 1 aromatic heterocycles. The summed E-state index contributed by atoms with van der Waals surface area (Å²) in [5, 5.41) is 3.33. The van der Waals surface area contributed by atoms with Crippen molar-refractivity contribution in [3.8, 4) is 0 Å². The van der Waals surface area contributed by atoms with Crippen LogP contribution in [0.1, 0.15) is 29.8 Å². The molecule has 5 nitrogen and oxygen atoms in total. The van der Waals surface area contributed by atoms with Crippen LogP contribution < -0.4 is 5.32 Å². The van der Waals surface area contributed by atoms with Gasteiger partial charge < -0.3 is 0 Å². The molecule has 2 aromatic carbocycles. The van der Waals surface area contributed by atoms with Gasteiger partial charge in [-0.3, -0.25) is 10.1 Å². The van der Waals surface area contributed by atoms with Crippen LogP contribution in [0, 0.1) is 6.92 Å². The zero-order valence-electron chi connectivity index (χ0n) is 14.4. The summed E-state index contributed by atoms with van der Waals surface area (Å²) in [6.45, 7) is 5.12. The predicted molar refractivity (Wildman–Crippen MR) is 106 cm³/mol. The van der Waals surface area contributed by atoms with Crippen LogP contribution >= 0.6 is 22.9 Å². The van der Waals surface area contributed by atoms with Crippen LogP contribution in [0.25, 0.3) is 10.2 Å². The minimum atomic E-state index is -3.36. The highest BCUT2D eigenvalue weighted by atomic mass is 35.5. The van der Waals surface area contributed by atoms with Gasteiger partial charge in [0.05, 0.1) is 20.4 Å². The fraction of sp³-hybridized carbons (Fsp3) is 0.222. The van der Waals surface area contributed by atoms with Crippen molar-refractivity contribution >= 4 is 54.0 Å². The summed E-state index contributed by atoms with van der Waals surface area (Å²) in [7, 11) is -3.36. The molecule has 8 heteroatoms. The number of hydrogen-bond donors (Lipinski definition) is 1. The predicted octanol–water partition coefficient (Wildman–Crippen LogP) is 4.69. The smallest absolute Gasteiger partial charge is 0.257 e. The number of sulfone groups is 1. The number of nitrogens with one attached hydrogen (secondary N) is 1. The van der Waals surface area contributed by atoms with Crippen LogP contribution in [0.5, 0.6) is 0 Å². The lowest BCUT2D eigenvalue weighted by molar-refractivity contribution is 0.102. The van der Waals surface area contributed by atoms with E-state index in [1.807, 2.05) is 13.0 Å². The van der Waals surface area contributed by atoms with E-state index in [0.717, 1.165) is 15.8 Å². The number of carbonyl (C=O) groups is 1. The highest BCUT2D eigenvalue weighted by molar-refractivity contribution is 7.92. The average molecular weight is 409 g/mol. The van der Waals surface area contributed by atoms with Crippen LogP contribution in [-0.2, 0) is 9.84 Å². The van der Waals surface area contributed by atoms with Crippen molar-refractivity contribution in [2.24, 2.45) is 0 Å². The largest absolute Gasteiger partial charge is 0.298 e. The molecule has 1 N–H and O–H groups in total. The van der Waals surface area contributed by atoms with E-state index in [2.05, 4.69) is 10.3 Å². The zero-order valence-corrected chi connectivity index (χ0v) is 16.8. The van der Waals surface area contributed by atoms with Gasteiger partial charge in [0.15, 0.2) is 15.0 Å². The Kier molecular flexibility index (Phi) is 5.05. The molecule has 1 heterocycles. The number of aryl methyl sites for hydroxylation is 1. The minimum Gasteiger partial charge on any atom is -0.298 e. The summed E-state index contributed by atoms with van der Waals surface area (Å²) in [4.78, 5) is 17.0. The average Bonchev–Trinajstić information content (AvgIpc) is 3.01. The molecule has 0 aliphatic rings. The minimum absolute atomic E-state index is 0.203. The monoisotopic (exact) mass is 408 g/mol. The molecule has 0 saturated carbocycles. The highest BCUT2D eigenvalue weighted by Gasteiger charge is 2.19. The second-order valence-electron chi connectivity index (χ2n) is 6.11. The van der Waals surface area contributed by atoms with Crippen LogP contribution in [-0.4, -0.2) is 24.6 Å². The first kappa shape index (κ1) is 18.8. The molecule has 0 atom stereocenters. The first-order chi connectivity index (χ1) is 12.2. The van der Waals surface area contributed by atoms with Crippen molar-refractivity contribution in [3.63, 3.8) is 0 Å². The Morgan fingerprint density at radius 2 is 1.81 bits per heavy atom. The number of fused-ring (bicyclic) bond motifs is 1. The highest BCUT2D eigenvalue weighted by Crippen LogP contribution is 2.31. The number of carbonyl (C=O) groups excluding carboxylic acids is 1. The van der Waals surface area contributed by atoms with E-state index in [1.54, 1.807) is 19.9 Å². The Labute approximate surface area is 160 Å². The Balaban J connectivity index is 1.83. The summed E-state index contributed by atoms with van der Waals surface area (Å²) in [6.07, 6.45) is 0. The number of nitrogens with zero attached hydrogens (tertiary/aromatic N) is 1. The van der Waals surface area contributed by atoms with Crippen LogP contribution in [0.15, 0.2) is 41.3 Å². The summed E-state index contributed by atoms with van der Waals surface area (Å²) in [5.41, 5.74) is 1.99.